The van der Waals surface area contributed by atoms with Crippen molar-refractivity contribution in [3.05, 3.63) is 47.5 Å². The van der Waals surface area contributed by atoms with Crippen molar-refractivity contribution in [3.8, 4) is 16.9 Å². The summed E-state index contributed by atoms with van der Waals surface area (Å²) in [5.74, 6) is 0.386. The second-order valence-corrected chi connectivity index (χ2v) is 5.26. The molecule has 0 aliphatic heterocycles. The molecule has 5 nitrogen and oxygen atoms in total. The van der Waals surface area contributed by atoms with Gasteiger partial charge in [0, 0.05) is 18.5 Å². The lowest BCUT2D eigenvalue weighted by Gasteiger charge is -2.07. The van der Waals surface area contributed by atoms with Gasteiger partial charge in [0.1, 0.15) is 5.75 Å². The van der Waals surface area contributed by atoms with E-state index in [1.54, 1.807) is 36.4 Å². The molecule has 22 heavy (non-hydrogen) atoms. The summed E-state index contributed by atoms with van der Waals surface area (Å²) < 4.78 is 5.51. The highest BCUT2D eigenvalue weighted by molar-refractivity contribution is 6.35. The minimum atomic E-state index is -1.12. The van der Waals surface area contributed by atoms with E-state index in [9.17, 15) is 9.90 Å². The zero-order valence-corrected chi connectivity index (χ0v) is 12.3. The lowest BCUT2D eigenvalue weighted by atomic mass is 10.0. The molecule has 112 valence electrons. The van der Waals surface area contributed by atoms with Crippen molar-refractivity contribution in [2.24, 2.45) is 0 Å². The Balaban J connectivity index is 2.11. The first-order valence-electron chi connectivity index (χ1n) is 6.45. The van der Waals surface area contributed by atoms with E-state index >= 15 is 0 Å². The second-order valence-electron chi connectivity index (χ2n) is 4.85. The van der Waals surface area contributed by atoms with Crippen LogP contribution in [0.4, 0.5) is 10.7 Å². The third kappa shape index (κ3) is 2.46. The number of furan rings is 1. The number of fused-ring (bicyclic) bond motifs is 1. The molecule has 1 heterocycles. The Morgan fingerprint density at radius 2 is 1.82 bits per heavy atom. The smallest absolute Gasteiger partial charge is 0.413 e. The first kappa shape index (κ1) is 14.3. The van der Waals surface area contributed by atoms with E-state index in [0.29, 0.717) is 16.0 Å². The van der Waals surface area contributed by atoms with Crippen LogP contribution < -0.4 is 4.90 Å². The maximum Gasteiger partial charge on any atom is 0.413 e. The number of nitrogens with zero attached hydrogens (tertiary/aromatic N) is 1. The number of benzene rings is 2. The van der Waals surface area contributed by atoms with Gasteiger partial charge in [-0.05, 0) is 35.4 Å². The number of carbonyl (C=O) groups is 1. The molecule has 2 aromatic carbocycles. The van der Waals surface area contributed by atoms with E-state index < -0.39 is 6.09 Å². The Kier molecular flexibility index (Phi) is 3.42. The summed E-state index contributed by atoms with van der Waals surface area (Å²) in [6.07, 6.45) is -1.12. The molecule has 1 amide bonds. The zero-order chi connectivity index (χ0) is 15.9. The molecule has 0 bridgehead atoms. The van der Waals surface area contributed by atoms with E-state index in [0.717, 1.165) is 16.0 Å². The van der Waals surface area contributed by atoms with Crippen LogP contribution in [0.2, 0.25) is 5.02 Å². The van der Waals surface area contributed by atoms with Crippen LogP contribution in [0.1, 0.15) is 0 Å². The Hall–Kier alpha value is -2.66. The third-order valence-electron chi connectivity index (χ3n) is 3.38. The van der Waals surface area contributed by atoms with Gasteiger partial charge in [-0.2, -0.15) is 0 Å². The zero-order valence-electron chi connectivity index (χ0n) is 11.6. The molecule has 0 saturated heterocycles. The van der Waals surface area contributed by atoms with Gasteiger partial charge in [0.25, 0.3) is 0 Å². The summed E-state index contributed by atoms with van der Waals surface area (Å²) in [5.41, 5.74) is 2.17. The predicted molar refractivity (Wildman–Crippen MR) is 84.8 cm³/mol. The van der Waals surface area contributed by atoms with E-state index in [4.69, 9.17) is 21.1 Å². The van der Waals surface area contributed by atoms with E-state index in [1.807, 2.05) is 6.07 Å². The average Bonchev–Trinajstić information content (AvgIpc) is 2.91. The summed E-state index contributed by atoms with van der Waals surface area (Å²) in [6.45, 7) is 0. The van der Waals surface area contributed by atoms with Gasteiger partial charge in [0.05, 0.1) is 5.02 Å². The van der Waals surface area contributed by atoms with Gasteiger partial charge < -0.3 is 14.6 Å². The SMILES string of the molecule is CN(C(=O)O)c1cc2cc(-c3ccc(O)cc3)cc(Cl)c2o1. The maximum atomic E-state index is 11.0. The fraction of sp³-hybridized carbons (Fsp3) is 0.0625. The van der Waals surface area contributed by atoms with Crippen LogP contribution in [0.5, 0.6) is 5.75 Å². The highest BCUT2D eigenvalue weighted by Crippen LogP contribution is 2.35. The van der Waals surface area contributed by atoms with E-state index in [2.05, 4.69) is 0 Å². The molecule has 0 spiro atoms. The maximum absolute atomic E-state index is 11.0. The van der Waals surface area contributed by atoms with Gasteiger partial charge in [-0.25, -0.2) is 4.79 Å². The Morgan fingerprint density at radius 1 is 1.14 bits per heavy atom. The Bertz CT molecular complexity index is 854. The number of aromatic hydroxyl groups is 1. The van der Waals surface area contributed by atoms with Crippen LogP contribution >= 0.6 is 11.6 Å². The van der Waals surface area contributed by atoms with Gasteiger partial charge in [0.2, 0.25) is 5.88 Å². The normalized spacial score (nSPS) is 10.8. The fourth-order valence-electron chi connectivity index (χ4n) is 2.18. The van der Waals surface area contributed by atoms with Crippen LogP contribution in [0.25, 0.3) is 22.1 Å². The number of phenols is 1. The summed E-state index contributed by atoms with van der Waals surface area (Å²) in [7, 11) is 1.40. The van der Waals surface area contributed by atoms with Gasteiger partial charge in [-0.3, -0.25) is 4.90 Å². The van der Waals surface area contributed by atoms with Crippen LogP contribution in [0, 0.1) is 0 Å². The van der Waals surface area contributed by atoms with Gasteiger partial charge >= 0.3 is 6.09 Å². The number of rotatable bonds is 2. The van der Waals surface area contributed by atoms with Crippen molar-refractivity contribution in [1.29, 1.82) is 0 Å². The summed E-state index contributed by atoms with van der Waals surface area (Å²) in [4.78, 5) is 12.0. The first-order chi connectivity index (χ1) is 10.5. The first-order valence-corrected chi connectivity index (χ1v) is 6.82. The Morgan fingerprint density at radius 3 is 2.45 bits per heavy atom. The molecule has 0 aliphatic rings. The third-order valence-corrected chi connectivity index (χ3v) is 3.66. The molecular formula is C16H12ClNO4. The molecule has 0 aliphatic carbocycles. The molecule has 0 saturated carbocycles. The predicted octanol–water partition coefficient (Wildman–Crippen LogP) is 4.57. The number of phenolic OH excluding ortho intramolecular Hbond substituents is 1. The van der Waals surface area contributed by atoms with Crippen LogP contribution in [0.3, 0.4) is 0 Å². The number of hydrogen-bond donors (Lipinski definition) is 2. The van der Waals surface area contributed by atoms with Gasteiger partial charge in [0.15, 0.2) is 5.58 Å². The summed E-state index contributed by atoms with van der Waals surface area (Å²) >= 11 is 6.23. The largest absolute Gasteiger partial charge is 0.508 e. The van der Waals surface area contributed by atoms with Crippen molar-refractivity contribution in [2.45, 2.75) is 0 Å². The molecule has 0 atom stereocenters. The highest BCUT2D eigenvalue weighted by atomic mass is 35.5. The van der Waals surface area contributed by atoms with Gasteiger partial charge in [-0.1, -0.05) is 23.7 Å². The second kappa shape index (κ2) is 5.27. The average molecular weight is 318 g/mol. The standard InChI is InChI=1S/C16H12ClNO4/c1-18(16(20)21)14-8-11-6-10(7-13(17)15(11)22-14)9-2-4-12(19)5-3-9/h2-8,19H,1H3,(H,20,21). The quantitative estimate of drug-likeness (QED) is 0.726. The molecule has 0 radical (unpaired) electrons. The summed E-state index contributed by atoms with van der Waals surface area (Å²) in [5, 5.41) is 19.4. The number of carboxylic acid groups (broad SMARTS) is 1. The number of anilines is 1. The van der Waals surface area contributed by atoms with Crippen LogP contribution in [-0.2, 0) is 0 Å². The lowest BCUT2D eigenvalue weighted by molar-refractivity contribution is 0.202. The molecule has 3 aromatic rings. The summed E-state index contributed by atoms with van der Waals surface area (Å²) in [6, 6.07) is 12.0. The fourth-order valence-corrected chi connectivity index (χ4v) is 2.44. The van der Waals surface area contributed by atoms with Crippen molar-refractivity contribution in [1.82, 2.24) is 0 Å². The topological polar surface area (TPSA) is 73.9 Å². The minimum absolute atomic E-state index is 0.185. The molecule has 0 fully saturated rings. The minimum Gasteiger partial charge on any atom is -0.508 e. The van der Waals surface area contributed by atoms with Crippen LogP contribution in [0.15, 0.2) is 46.9 Å². The van der Waals surface area contributed by atoms with Crippen molar-refractivity contribution in [3.63, 3.8) is 0 Å². The van der Waals surface area contributed by atoms with Crippen molar-refractivity contribution in [2.75, 3.05) is 11.9 Å². The van der Waals surface area contributed by atoms with Gasteiger partial charge in [-0.15, -0.1) is 0 Å². The van der Waals surface area contributed by atoms with Crippen molar-refractivity contribution < 1.29 is 19.4 Å². The molecule has 2 N–H and O–H groups in total. The molecular weight excluding hydrogens is 306 g/mol. The molecule has 3 rings (SSSR count). The lowest BCUT2D eigenvalue weighted by Crippen LogP contribution is -2.22. The molecule has 1 aromatic heterocycles. The number of halogens is 1. The monoisotopic (exact) mass is 317 g/mol. The van der Waals surface area contributed by atoms with Crippen LogP contribution in [-0.4, -0.2) is 23.4 Å². The number of hydrogen-bond acceptors (Lipinski definition) is 3. The molecule has 6 heteroatoms. The van der Waals surface area contributed by atoms with Crippen molar-refractivity contribution >= 4 is 34.5 Å². The van der Waals surface area contributed by atoms with E-state index in [-0.39, 0.29) is 11.6 Å². The molecule has 0 unspecified atom stereocenters. The highest BCUT2D eigenvalue weighted by Gasteiger charge is 2.16. The number of amides is 1. The van der Waals surface area contributed by atoms with E-state index in [1.165, 1.54) is 7.05 Å². The Labute approximate surface area is 131 Å².